The maximum absolute atomic E-state index is 12.4. The lowest BCUT2D eigenvalue weighted by Crippen LogP contribution is -2.39. The van der Waals surface area contributed by atoms with Gasteiger partial charge in [0, 0.05) is 51.1 Å². The van der Waals surface area contributed by atoms with E-state index in [9.17, 15) is 4.79 Å². The van der Waals surface area contributed by atoms with E-state index in [4.69, 9.17) is 9.47 Å². The predicted molar refractivity (Wildman–Crippen MR) is 99.2 cm³/mol. The first-order valence-corrected chi connectivity index (χ1v) is 9.24. The Morgan fingerprint density at radius 1 is 1.16 bits per heavy atom. The lowest BCUT2D eigenvalue weighted by molar-refractivity contribution is -0.00619. The molecule has 2 fully saturated rings. The molecule has 6 nitrogen and oxygen atoms in total. The molecule has 0 bridgehead atoms. The van der Waals surface area contributed by atoms with Crippen molar-refractivity contribution in [2.75, 3.05) is 50.6 Å². The minimum atomic E-state index is -0.236. The van der Waals surface area contributed by atoms with Crippen LogP contribution in [0.25, 0.3) is 0 Å². The van der Waals surface area contributed by atoms with Crippen molar-refractivity contribution in [1.82, 2.24) is 4.90 Å². The summed E-state index contributed by atoms with van der Waals surface area (Å²) in [4.78, 5) is 14.3. The molecule has 0 aliphatic carbocycles. The smallest absolute Gasteiger partial charge is 0.321 e. The lowest BCUT2D eigenvalue weighted by atomic mass is 10.0. The fourth-order valence-corrected chi connectivity index (χ4v) is 3.37. The molecular weight excluding hydrogens is 318 g/mol. The Morgan fingerprint density at radius 3 is 2.44 bits per heavy atom. The van der Waals surface area contributed by atoms with Crippen LogP contribution in [0.4, 0.5) is 16.2 Å². The number of likely N-dealkylation sites (tertiary alicyclic amines) is 1. The van der Waals surface area contributed by atoms with Gasteiger partial charge in [-0.05, 0) is 37.1 Å². The Labute approximate surface area is 149 Å². The summed E-state index contributed by atoms with van der Waals surface area (Å²) in [5.74, 6) is 0. The molecule has 1 atom stereocenters. The molecule has 2 aliphatic rings. The van der Waals surface area contributed by atoms with Gasteiger partial charge in [0.15, 0.2) is 0 Å². The summed E-state index contributed by atoms with van der Waals surface area (Å²) in [6.45, 7) is 3.79. The minimum Gasteiger partial charge on any atom is -0.382 e. The Balaban J connectivity index is 1.50. The molecule has 6 heteroatoms. The van der Waals surface area contributed by atoms with E-state index in [0.29, 0.717) is 13.2 Å². The molecule has 2 N–H and O–H groups in total. The van der Waals surface area contributed by atoms with Gasteiger partial charge in [-0.2, -0.15) is 0 Å². The number of ether oxygens (including phenoxy) is 2. The third kappa shape index (κ3) is 4.86. The molecule has 1 aromatic rings. The maximum Gasteiger partial charge on any atom is 0.321 e. The predicted octanol–water partition coefficient (Wildman–Crippen LogP) is 3.31. The molecule has 2 heterocycles. The number of anilines is 2. The van der Waals surface area contributed by atoms with Crippen LogP contribution in [-0.4, -0.2) is 56.5 Å². The van der Waals surface area contributed by atoms with E-state index >= 15 is 0 Å². The summed E-state index contributed by atoms with van der Waals surface area (Å²) in [5, 5.41) is 6.40. The summed E-state index contributed by atoms with van der Waals surface area (Å²) in [6.07, 6.45) is 5.54. The number of methoxy groups -OCH3 is 1. The largest absolute Gasteiger partial charge is 0.382 e. The van der Waals surface area contributed by atoms with E-state index in [1.54, 1.807) is 7.11 Å². The van der Waals surface area contributed by atoms with Crippen LogP contribution >= 0.6 is 0 Å². The third-order valence-corrected chi connectivity index (χ3v) is 5.14. The number of hydrogen-bond donors (Lipinski definition) is 2. The molecule has 138 valence electrons. The molecule has 2 saturated heterocycles. The zero-order chi connectivity index (χ0) is 17.5. The van der Waals surface area contributed by atoms with E-state index in [0.717, 1.165) is 50.3 Å². The van der Waals surface area contributed by atoms with Crippen LogP contribution in [0.15, 0.2) is 24.3 Å². The SMILES string of the molecule is CO[C@@]1(CNc2ccc(NC(=O)N3CCCCCC3)cc2)CCOC1. The molecule has 2 amide bonds. The Bertz CT molecular complexity index is 548. The molecule has 1 aromatic carbocycles. The summed E-state index contributed by atoms with van der Waals surface area (Å²) < 4.78 is 11.1. The highest BCUT2D eigenvalue weighted by atomic mass is 16.5. The van der Waals surface area contributed by atoms with Gasteiger partial charge >= 0.3 is 6.03 Å². The average Bonchev–Trinajstić information content (AvgIpc) is 2.94. The van der Waals surface area contributed by atoms with Gasteiger partial charge < -0.3 is 25.0 Å². The van der Waals surface area contributed by atoms with E-state index in [1.807, 2.05) is 29.2 Å². The summed E-state index contributed by atoms with van der Waals surface area (Å²) in [7, 11) is 1.73. The minimum absolute atomic E-state index is 0.00375. The average molecular weight is 347 g/mol. The van der Waals surface area contributed by atoms with Crippen LogP contribution in [0.2, 0.25) is 0 Å². The van der Waals surface area contributed by atoms with E-state index in [1.165, 1.54) is 12.8 Å². The standard InChI is InChI=1S/C19H29N3O3/c1-24-19(10-13-25-15-19)14-20-16-6-8-17(9-7-16)21-18(23)22-11-4-2-3-5-12-22/h6-9,20H,2-5,10-15H2,1H3,(H,21,23)/t19-/m1/s1. The molecule has 25 heavy (non-hydrogen) atoms. The number of carbonyl (C=O) groups is 1. The van der Waals surface area contributed by atoms with Crippen molar-refractivity contribution < 1.29 is 14.3 Å². The molecule has 3 rings (SSSR count). The highest BCUT2D eigenvalue weighted by Gasteiger charge is 2.34. The topological polar surface area (TPSA) is 62.8 Å². The van der Waals surface area contributed by atoms with Gasteiger partial charge in [0.05, 0.1) is 6.61 Å². The van der Waals surface area contributed by atoms with Gasteiger partial charge in [0.1, 0.15) is 5.60 Å². The second-order valence-electron chi connectivity index (χ2n) is 6.95. The number of nitrogens with one attached hydrogen (secondary N) is 2. The fourth-order valence-electron chi connectivity index (χ4n) is 3.37. The zero-order valence-corrected chi connectivity index (χ0v) is 15.1. The highest BCUT2D eigenvalue weighted by Crippen LogP contribution is 2.24. The van der Waals surface area contributed by atoms with Crippen molar-refractivity contribution in [2.24, 2.45) is 0 Å². The van der Waals surface area contributed by atoms with E-state index in [2.05, 4.69) is 10.6 Å². The number of benzene rings is 1. The summed E-state index contributed by atoms with van der Waals surface area (Å²) in [6, 6.07) is 7.84. The number of urea groups is 1. The van der Waals surface area contributed by atoms with Crippen LogP contribution in [0.5, 0.6) is 0 Å². The second kappa shape index (κ2) is 8.54. The number of rotatable bonds is 5. The molecular formula is C19H29N3O3. The lowest BCUT2D eigenvalue weighted by Gasteiger charge is -2.26. The highest BCUT2D eigenvalue weighted by molar-refractivity contribution is 5.89. The van der Waals surface area contributed by atoms with Crippen LogP contribution in [0, 0.1) is 0 Å². The Hall–Kier alpha value is -1.79. The van der Waals surface area contributed by atoms with Crippen molar-refractivity contribution in [1.29, 1.82) is 0 Å². The fraction of sp³-hybridized carbons (Fsp3) is 0.632. The van der Waals surface area contributed by atoms with Gasteiger partial charge in [-0.3, -0.25) is 0 Å². The van der Waals surface area contributed by atoms with Gasteiger partial charge in [0.2, 0.25) is 0 Å². The number of hydrogen-bond acceptors (Lipinski definition) is 4. The quantitative estimate of drug-likeness (QED) is 0.858. The van der Waals surface area contributed by atoms with Gasteiger partial charge in [-0.25, -0.2) is 4.79 Å². The maximum atomic E-state index is 12.4. The van der Waals surface area contributed by atoms with Crippen molar-refractivity contribution >= 4 is 17.4 Å². The molecule has 2 aliphatic heterocycles. The molecule has 0 aromatic heterocycles. The first-order chi connectivity index (χ1) is 12.2. The second-order valence-corrected chi connectivity index (χ2v) is 6.95. The summed E-state index contributed by atoms with van der Waals surface area (Å²) >= 11 is 0. The normalized spacial score (nSPS) is 24.0. The molecule has 0 radical (unpaired) electrons. The number of nitrogens with zero attached hydrogens (tertiary/aromatic N) is 1. The van der Waals surface area contributed by atoms with Gasteiger partial charge in [-0.1, -0.05) is 12.8 Å². The monoisotopic (exact) mass is 347 g/mol. The van der Waals surface area contributed by atoms with Crippen molar-refractivity contribution in [2.45, 2.75) is 37.7 Å². The van der Waals surface area contributed by atoms with Gasteiger partial charge in [0.25, 0.3) is 0 Å². The van der Waals surface area contributed by atoms with Crippen LogP contribution < -0.4 is 10.6 Å². The molecule has 0 unspecified atom stereocenters. The summed E-state index contributed by atoms with van der Waals surface area (Å²) in [5.41, 5.74) is 1.60. The van der Waals surface area contributed by atoms with Crippen molar-refractivity contribution in [3.05, 3.63) is 24.3 Å². The number of carbonyl (C=O) groups excluding carboxylic acids is 1. The Kier molecular flexibility index (Phi) is 6.15. The first kappa shape index (κ1) is 18.0. The van der Waals surface area contributed by atoms with Crippen LogP contribution in [0.1, 0.15) is 32.1 Å². The molecule has 0 saturated carbocycles. The van der Waals surface area contributed by atoms with E-state index in [-0.39, 0.29) is 11.6 Å². The van der Waals surface area contributed by atoms with E-state index < -0.39 is 0 Å². The zero-order valence-electron chi connectivity index (χ0n) is 15.1. The number of amides is 2. The first-order valence-electron chi connectivity index (χ1n) is 9.24. The van der Waals surface area contributed by atoms with Gasteiger partial charge in [-0.15, -0.1) is 0 Å². The van der Waals surface area contributed by atoms with Crippen LogP contribution in [-0.2, 0) is 9.47 Å². The van der Waals surface area contributed by atoms with Crippen molar-refractivity contribution in [3.63, 3.8) is 0 Å². The van der Waals surface area contributed by atoms with Crippen molar-refractivity contribution in [3.8, 4) is 0 Å². The Morgan fingerprint density at radius 2 is 1.84 bits per heavy atom. The third-order valence-electron chi connectivity index (χ3n) is 5.14. The van der Waals surface area contributed by atoms with Crippen LogP contribution in [0.3, 0.4) is 0 Å². The molecule has 0 spiro atoms.